The number of guanidine groups is 1. The van der Waals surface area contributed by atoms with Crippen molar-refractivity contribution in [3.8, 4) is 5.75 Å². The number of aliphatic imine (C=N–C) groups is 1. The molecule has 0 radical (unpaired) electrons. The zero-order valence-corrected chi connectivity index (χ0v) is 19.0. The molecule has 0 atom stereocenters. The smallest absolute Gasteiger partial charge is 0.191 e. The highest BCUT2D eigenvalue weighted by molar-refractivity contribution is 5.79. The lowest BCUT2D eigenvalue weighted by molar-refractivity contribution is 0.110. The first kappa shape index (κ1) is 23.7. The molecule has 0 fully saturated rings. The SMILES string of the molecule is CCOCCOc1cc(C)ccc1CNC(=NC)NCc1cc(C(CC)CC)no1. The van der Waals surface area contributed by atoms with E-state index in [9.17, 15) is 0 Å². The van der Waals surface area contributed by atoms with Crippen molar-refractivity contribution >= 4 is 5.96 Å². The van der Waals surface area contributed by atoms with Crippen molar-refractivity contribution in [1.82, 2.24) is 15.8 Å². The van der Waals surface area contributed by atoms with Crippen molar-refractivity contribution in [2.75, 3.05) is 26.9 Å². The van der Waals surface area contributed by atoms with Crippen LogP contribution in [0, 0.1) is 6.92 Å². The Balaban J connectivity index is 1.89. The molecular formula is C23H36N4O3. The summed E-state index contributed by atoms with van der Waals surface area (Å²) in [6, 6.07) is 8.23. The number of ether oxygens (including phenoxy) is 2. The van der Waals surface area contributed by atoms with Crippen LogP contribution in [0.3, 0.4) is 0 Å². The molecule has 1 heterocycles. The molecule has 2 rings (SSSR count). The number of aromatic nitrogens is 1. The van der Waals surface area contributed by atoms with Gasteiger partial charge in [0.2, 0.25) is 0 Å². The van der Waals surface area contributed by atoms with E-state index in [2.05, 4.69) is 53.7 Å². The highest BCUT2D eigenvalue weighted by Gasteiger charge is 2.13. The lowest BCUT2D eigenvalue weighted by Gasteiger charge is -2.15. The van der Waals surface area contributed by atoms with Gasteiger partial charge in [0.15, 0.2) is 11.7 Å². The minimum atomic E-state index is 0.447. The molecule has 0 bridgehead atoms. The van der Waals surface area contributed by atoms with Crippen LogP contribution in [0.4, 0.5) is 0 Å². The van der Waals surface area contributed by atoms with E-state index in [-0.39, 0.29) is 0 Å². The fourth-order valence-electron chi connectivity index (χ4n) is 3.18. The molecule has 0 unspecified atom stereocenters. The molecule has 0 spiro atoms. The van der Waals surface area contributed by atoms with Crippen molar-refractivity contribution in [3.63, 3.8) is 0 Å². The predicted molar refractivity (Wildman–Crippen MR) is 120 cm³/mol. The Bertz CT molecular complexity index is 785. The van der Waals surface area contributed by atoms with Crippen LogP contribution in [0.5, 0.6) is 5.75 Å². The maximum atomic E-state index is 5.91. The molecular weight excluding hydrogens is 380 g/mol. The van der Waals surface area contributed by atoms with Gasteiger partial charge in [-0.2, -0.15) is 0 Å². The maximum absolute atomic E-state index is 5.91. The van der Waals surface area contributed by atoms with Gasteiger partial charge < -0.3 is 24.6 Å². The highest BCUT2D eigenvalue weighted by atomic mass is 16.5. The number of aryl methyl sites for hydroxylation is 1. The molecule has 2 N–H and O–H groups in total. The molecule has 0 saturated carbocycles. The summed E-state index contributed by atoms with van der Waals surface area (Å²) in [4.78, 5) is 4.30. The second-order valence-corrected chi connectivity index (χ2v) is 7.17. The predicted octanol–water partition coefficient (Wildman–Crippen LogP) is 4.17. The van der Waals surface area contributed by atoms with Gasteiger partial charge in [0.05, 0.1) is 18.8 Å². The summed E-state index contributed by atoms with van der Waals surface area (Å²) in [6.07, 6.45) is 2.12. The van der Waals surface area contributed by atoms with Gasteiger partial charge in [-0.3, -0.25) is 4.99 Å². The van der Waals surface area contributed by atoms with Gasteiger partial charge in [-0.15, -0.1) is 0 Å². The van der Waals surface area contributed by atoms with Crippen molar-refractivity contribution in [2.24, 2.45) is 4.99 Å². The van der Waals surface area contributed by atoms with E-state index in [1.165, 1.54) is 0 Å². The third-order valence-corrected chi connectivity index (χ3v) is 4.99. The third-order valence-electron chi connectivity index (χ3n) is 4.99. The maximum Gasteiger partial charge on any atom is 0.191 e. The number of benzene rings is 1. The average Bonchev–Trinajstić information content (AvgIpc) is 3.22. The van der Waals surface area contributed by atoms with E-state index >= 15 is 0 Å². The average molecular weight is 417 g/mol. The Morgan fingerprint density at radius 2 is 1.87 bits per heavy atom. The van der Waals surface area contributed by atoms with Crippen LogP contribution in [0.25, 0.3) is 0 Å². The molecule has 1 aromatic carbocycles. The Labute approximate surface area is 180 Å². The lowest BCUT2D eigenvalue weighted by Crippen LogP contribution is -2.36. The molecule has 0 aliphatic carbocycles. The van der Waals surface area contributed by atoms with Crippen molar-refractivity contribution in [3.05, 3.63) is 46.8 Å². The molecule has 7 heteroatoms. The highest BCUT2D eigenvalue weighted by Crippen LogP contribution is 2.22. The van der Waals surface area contributed by atoms with E-state index in [1.54, 1.807) is 7.05 Å². The summed E-state index contributed by atoms with van der Waals surface area (Å²) in [5.74, 6) is 2.80. The van der Waals surface area contributed by atoms with Gasteiger partial charge in [0.25, 0.3) is 0 Å². The Kier molecular flexibility index (Phi) is 10.2. The topological polar surface area (TPSA) is 80.9 Å². The van der Waals surface area contributed by atoms with Gasteiger partial charge in [0.1, 0.15) is 12.4 Å². The summed E-state index contributed by atoms with van der Waals surface area (Å²) < 4.78 is 16.8. The number of hydrogen-bond donors (Lipinski definition) is 2. The fourth-order valence-corrected chi connectivity index (χ4v) is 3.18. The van der Waals surface area contributed by atoms with E-state index in [0.717, 1.165) is 41.2 Å². The molecule has 166 valence electrons. The molecule has 30 heavy (non-hydrogen) atoms. The quantitative estimate of drug-likeness (QED) is 0.307. The van der Waals surface area contributed by atoms with Crippen LogP contribution in [0.2, 0.25) is 0 Å². The molecule has 0 aliphatic rings. The second-order valence-electron chi connectivity index (χ2n) is 7.17. The zero-order chi connectivity index (χ0) is 21.8. The van der Waals surface area contributed by atoms with Crippen molar-refractivity contribution in [2.45, 2.75) is 59.5 Å². The summed E-state index contributed by atoms with van der Waals surface area (Å²) >= 11 is 0. The molecule has 0 aliphatic heterocycles. The fraction of sp³-hybridized carbons (Fsp3) is 0.565. The first-order valence-electron chi connectivity index (χ1n) is 10.8. The minimum Gasteiger partial charge on any atom is -0.491 e. The van der Waals surface area contributed by atoms with Crippen LogP contribution in [-0.2, 0) is 17.8 Å². The standard InChI is InChI=1S/C23H36N4O3/c1-6-18(7-2)21-14-20(30-27-21)16-26-23(24-5)25-15-19-10-9-17(4)13-22(19)29-12-11-28-8-3/h9-10,13-14,18H,6-8,11-12,15-16H2,1-5H3,(H2,24,25,26). The van der Waals surface area contributed by atoms with Gasteiger partial charge >= 0.3 is 0 Å². The third kappa shape index (κ3) is 7.37. The number of nitrogens with zero attached hydrogens (tertiary/aromatic N) is 2. The molecule has 0 saturated heterocycles. The van der Waals surface area contributed by atoms with E-state index < -0.39 is 0 Å². The van der Waals surface area contributed by atoms with Gasteiger partial charge in [-0.25, -0.2) is 0 Å². The van der Waals surface area contributed by atoms with Crippen molar-refractivity contribution in [1.29, 1.82) is 0 Å². The summed E-state index contributed by atoms with van der Waals surface area (Å²) in [6.45, 7) is 11.3. The van der Waals surface area contributed by atoms with Gasteiger partial charge in [-0.1, -0.05) is 31.1 Å². The molecule has 0 amide bonds. The van der Waals surface area contributed by atoms with Crippen LogP contribution in [0.1, 0.15) is 62.1 Å². The van der Waals surface area contributed by atoms with E-state index in [4.69, 9.17) is 14.0 Å². The van der Waals surface area contributed by atoms with Crippen molar-refractivity contribution < 1.29 is 14.0 Å². The van der Waals surface area contributed by atoms with Gasteiger partial charge in [0, 0.05) is 37.7 Å². The van der Waals surface area contributed by atoms with Crippen LogP contribution >= 0.6 is 0 Å². The lowest BCUT2D eigenvalue weighted by atomic mass is 9.99. The van der Waals surface area contributed by atoms with Crippen LogP contribution < -0.4 is 15.4 Å². The van der Waals surface area contributed by atoms with Gasteiger partial charge in [-0.05, 0) is 38.3 Å². The molecule has 7 nitrogen and oxygen atoms in total. The first-order valence-corrected chi connectivity index (χ1v) is 10.8. The molecule has 1 aromatic heterocycles. The first-order chi connectivity index (χ1) is 14.6. The Morgan fingerprint density at radius 1 is 1.10 bits per heavy atom. The van der Waals surface area contributed by atoms with Crippen LogP contribution in [-0.4, -0.2) is 38.0 Å². The monoisotopic (exact) mass is 416 g/mol. The summed E-state index contributed by atoms with van der Waals surface area (Å²) in [5, 5.41) is 10.8. The number of rotatable bonds is 12. The summed E-state index contributed by atoms with van der Waals surface area (Å²) in [7, 11) is 1.75. The summed E-state index contributed by atoms with van der Waals surface area (Å²) in [5.41, 5.74) is 3.25. The Morgan fingerprint density at radius 3 is 2.57 bits per heavy atom. The van der Waals surface area contributed by atoms with E-state index in [1.807, 2.05) is 19.1 Å². The minimum absolute atomic E-state index is 0.447. The van der Waals surface area contributed by atoms with Crippen LogP contribution in [0.15, 0.2) is 33.8 Å². The normalized spacial score (nSPS) is 11.7. The number of nitrogens with one attached hydrogen (secondary N) is 2. The zero-order valence-electron chi connectivity index (χ0n) is 19.0. The molecule has 2 aromatic rings. The largest absolute Gasteiger partial charge is 0.491 e. The second kappa shape index (κ2) is 12.9. The Hall–Kier alpha value is -2.54. The van der Waals surface area contributed by atoms with E-state index in [0.29, 0.717) is 44.8 Å². The number of hydrogen-bond acceptors (Lipinski definition) is 5.